The molecule has 0 bridgehead atoms. The molecule has 2 nitrogen and oxygen atoms in total. The van der Waals surface area contributed by atoms with Crippen molar-refractivity contribution >= 4 is 21.6 Å². The van der Waals surface area contributed by atoms with Crippen molar-refractivity contribution in [3.63, 3.8) is 0 Å². The van der Waals surface area contributed by atoms with Crippen molar-refractivity contribution in [1.29, 1.82) is 0 Å². The third kappa shape index (κ3) is 2.97. The van der Waals surface area contributed by atoms with Crippen molar-refractivity contribution in [3.05, 3.63) is 52.3 Å². The molecule has 0 amide bonds. The molecule has 0 aliphatic heterocycles. The number of aryl methyl sites for hydroxylation is 1. The van der Waals surface area contributed by atoms with Crippen LogP contribution in [0.4, 0.5) is 10.1 Å². The summed E-state index contributed by atoms with van der Waals surface area (Å²) in [6.45, 7) is 1.92. The Bertz CT molecular complexity index is 537. The van der Waals surface area contributed by atoms with Gasteiger partial charge in [0.1, 0.15) is 17.3 Å². The second-order valence-corrected chi connectivity index (χ2v) is 4.61. The Morgan fingerprint density at radius 2 is 1.94 bits per heavy atom. The summed E-state index contributed by atoms with van der Waals surface area (Å²) in [4.78, 5) is 0. The van der Waals surface area contributed by atoms with Crippen LogP contribution in [0.15, 0.2) is 40.9 Å². The summed E-state index contributed by atoms with van der Waals surface area (Å²) in [6, 6.07) is 9.67. The minimum absolute atomic E-state index is 0.344. The highest BCUT2D eigenvalue weighted by atomic mass is 79.9. The average Bonchev–Trinajstić information content (AvgIpc) is 2.22. The predicted molar refractivity (Wildman–Crippen MR) is 69.8 cm³/mol. The van der Waals surface area contributed by atoms with Gasteiger partial charge >= 0.3 is 0 Å². The molecule has 2 N–H and O–H groups in total. The van der Waals surface area contributed by atoms with Gasteiger partial charge in [0.15, 0.2) is 0 Å². The predicted octanol–water partition coefficient (Wildman–Crippen LogP) is 4.27. The number of nitrogens with two attached hydrogens (primary N) is 1. The molecule has 0 fully saturated rings. The molecule has 2 aromatic carbocycles. The smallest absolute Gasteiger partial charge is 0.144 e. The molecule has 0 heterocycles. The van der Waals surface area contributed by atoms with E-state index in [-0.39, 0.29) is 5.82 Å². The number of rotatable bonds is 2. The third-order valence-electron chi connectivity index (χ3n) is 2.19. The van der Waals surface area contributed by atoms with Crippen molar-refractivity contribution < 1.29 is 9.13 Å². The molecule has 0 unspecified atom stereocenters. The lowest BCUT2D eigenvalue weighted by atomic mass is 10.2. The molecule has 0 radical (unpaired) electrons. The Balaban J connectivity index is 2.34. The summed E-state index contributed by atoms with van der Waals surface area (Å²) in [5.41, 5.74) is 7.33. The Labute approximate surface area is 107 Å². The lowest BCUT2D eigenvalue weighted by Crippen LogP contribution is -1.91. The van der Waals surface area contributed by atoms with E-state index >= 15 is 0 Å². The monoisotopic (exact) mass is 295 g/mol. The van der Waals surface area contributed by atoms with Crippen LogP contribution in [0.1, 0.15) is 5.56 Å². The van der Waals surface area contributed by atoms with Gasteiger partial charge in [-0.1, -0.05) is 0 Å². The highest BCUT2D eigenvalue weighted by Gasteiger charge is 2.05. The van der Waals surface area contributed by atoms with Gasteiger partial charge in [0.05, 0.1) is 4.47 Å². The van der Waals surface area contributed by atoms with E-state index in [1.807, 2.05) is 19.1 Å². The van der Waals surface area contributed by atoms with Gasteiger partial charge in [-0.2, -0.15) is 0 Å². The Hall–Kier alpha value is -1.55. The van der Waals surface area contributed by atoms with Gasteiger partial charge in [-0.15, -0.1) is 0 Å². The number of nitrogen functional groups attached to an aromatic ring is 1. The normalized spacial score (nSPS) is 10.3. The van der Waals surface area contributed by atoms with Crippen LogP contribution in [0.25, 0.3) is 0 Å². The number of hydrogen-bond acceptors (Lipinski definition) is 2. The van der Waals surface area contributed by atoms with Crippen molar-refractivity contribution in [2.45, 2.75) is 6.92 Å². The average molecular weight is 296 g/mol. The van der Waals surface area contributed by atoms with Gasteiger partial charge in [-0.05, 0) is 52.7 Å². The van der Waals surface area contributed by atoms with Crippen LogP contribution < -0.4 is 10.5 Å². The molecule has 0 spiro atoms. The SMILES string of the molecule is Cc1cc(N)cc(Oc2cc(F)ccc2Br)c1. The third-order valence-corrected chi connectivity index (χ3v) is 2.85. The molecule has 17 heavy (non-hydrogen) atoms. The molecule has 0 aliphatic carbocycles. The zero-order valence-corrected chi connectivity index (χ0v) is 10.8. The van der Waals surface area contributed by atoms with Crippen LogP contribution >= 0.6 is 15.9 Å². The first-order chi connectivity index (χ1) is 8.04. The van der Waals surface area contributed by atoms with Gasteiger partial charge in [0.2, 0.25) is 0 Å². The fourth-order valence-corrected chi connectivity index (χ4v) is 1.85. The van der Waals surface area contributed by atoms with Crippen LogP contribution in [-0.4, -0.2) is 0 Å². The maximum Gasteiger partial charge on any atom is 0.144 e. The van der Waals surface area contributed by atoms with Gasteiger partial charge in [0, 0.05) is 17.8 Å². The molecular weight excluding hydrogens is 285 g/mol. The Kier molecular flexibility index (Phi) is 3.33. The van der Waals surface area contributed by atoms with Crippen molar-refractivity contribution in [2.75, 3.05) is 5.73 Å². The van der Waals surface area contributed by atoms with E-state index in [1.165, 1.54) is 12.1 Å². The van der Waals surface area contributed by atoms with E-state index in [2.05, 4.69) is 15.9 Å². The maximum atomic E-state index is 13.1. The lowest BCUT2D eigenvalue weighted by Gasteiger charge is -2.09. The second kappa shape index (κ2) is 4.75. The first-order valence-electron chi connectivity index (χ1n) is 5.04. The van der Waals surface area contributed by atoms with E-state index < -0.39 is 0 Å². The van der Waals surface area contributed by atoms with Crippen molar-refractivity contribution in [1.82, 2.24) is 0 Å². The van der Waals surface area contributed by atoms with E-state index in [1.54, 1.807) is 12.1 Å². The second-order valence-electron chi connectivity index (χ2n) is 3.76. The van der Waals surface area contributed by atoms with Crippen LogP contribution in [-0.2, 0) is 0 Å². The zero-order chi connectivity index (χ0) is 12.4. The van der Waals surface area contributed by atoms with Crippen LogP contribution in [0.2, 0.25) is 0 Å². The molecular formula is C13H11BrFNO. The van der Waals surface area contributed by atoms with Crippen molar-refractivity contribution in [2.24, 2.45) is 0 Å². The quantitative estimate of drug-likeness (QED) is 0.840. The van der Waals surface area contributed by atoms with E-state index in [0.717, 1.165) is 5.56 Å². The minimum atomic E-state index is -0.344. The molecule has 0 saturated carbocycles. The zero-order valence-electron chi connectivity index (χ0n) is 9.21. The summed E-state index contributed by atoms with van der Waals surface area (Å²) in [5.74, 6) is 0.674. The Morgan fingerprint density at radius 1 is 1.18 bits per heavy atom. The fourth-order valence-electron chi connectivity index (χ4n) is 1.52. The summed E-state index contributed by atoms with van der Waals surface area (Å²) < 4.78 is 19.4. The van der Waals surface area contributed by atoms with Gasteiger partial charge < -0.3 is 10.5 Å². The first kappa shape index (κ1) is 11.9. The van der Waals surface area contributed by atoms with E-state index in [0.29, 0.717) is 21.7 Å². The summed E-state index contributed by atoms with van der Waals surface area (Å²) in [7, 11) is 0. The Morgan fingerprint density at radius 3 is 2.65 bits per heavy atom. The molecule has 2 aromatic rings. The van der Waals surface area contributed by atoms with Gasteiger partial charge in [-0.25, -0.2) is 4.39 Å². The molecule has 0 saturated heterocycles. The maximum absolute atomic E-state index is 13.1. The summed E-state index contributed by atoms with van der Waals surface area (Å²) >= 11 is 3.30. The van der Waals surface area contributed by atoms with Crippen LogP contribution in [0.5, 0.6) is 11.5 Å². The number of anilines is 1. The molecule has 0 aromatic heterocycles. The topological polar surface area (TPSA) is 35.2 Å². The van der Waals surface area contributed by atoms with Crippen LogP contribution in [0, 0.1) is 12.7 Å². The van der Waals surface area contributed by atoms with Gasteiger partial charge in [0.25, 0.3) is 0 Å². The number of benzene rings is 2. The molecule has 4 heteroatoms. The highest BCUT2D eigenvalue weighted by molar-refractivity contribution is 9.10. The molecule has 0 aliphatic rings. The first-order valence-corrected chi connectivity index (χ1v) is 5.84. The molecule has 2 rings (SSSR count). The summed E-state index contributed by atoms with van der Waals surface area (Å²) in [6.07, 6.45) is 0. The van der Waals surface area contributed by atoms with E-state index in [4.69, 9.17) is 10.5 Å². The highest BCUT2D eigenvalue weighted by Crippen LogP contribution is 2.31. The standard InChI is InChI=1S/C13H11BrFNO/c1-8-4-10(16)7-11(5-8)17-13-6-9(15)2-3-12(13)14/h2-7H,16H2,1H3. The fraction of sp³-hybridized carbons (Fsp3) is 0.0769. The van der Waals surface area contributed by atoms with Gasteiger partial charge in [-0.3, -0.25) is 0 Å². The number of ether oxygens (including phenoxy) is 1. The largest absolute Gasteiger partial charge is 0.456 e. The van der Waals surface area contributed by atoms with Crippen LogP contribution in [0.3, 0.4) is 0 Å². The summed E-state index contributed by atoms with van der Waals surface area (Å²) in [5, 5.41) is 0. The molecule has 88 valence electrons. The lowest BCUT2D eigenvalue weighted by molar-refractivity contribution is 0.473. The number of hydrogen-bond donors (Lipinski definition) is 1. The van der Waals surface area contributed by atoms with Crippen molar-refractivity contribution in [3.8, 4) is 11.5 Å². The minimum Gasteiger partial charge on any atom is -0.456 e. The number of halogens is 2. The molecule has 0 atom stereocenters. The van der Waals surface area contributed by atoms with E-state index in [9.17, 15) is 4.39 Å².